The normalized spacial score (nSPS) is 15.8. The quantitative estimate of drug-likeness (QED) is 0.668. The molecule has 0 spiro atoms. The summed E-state index contributed by atoms with van der Waals surface area (Å²) < 4.78 is 10.8. The van der Waals surface area contributed by atoms with Gasteiger partial charge in [-0.3, -0.25) is 14.6 Å². The average molecular weight is 412 g/mol. The molecule has 0 aliphatic carbocycles. The van der Waals surface area contributed by atoms with Crippen LogP contribution in [0.2, 0.25) is 0 Å². The highest BCUT2D eigenvalue weighted by molar-refractivity contribution is 5.81. The average Bonchev–Trinajstić information content (AvgIpc) is 2.79. The first kappa shape index (κ1) is 22.1. The van der Waals surface area contributed by atoms with Gasteiger partial charge in [0.25, 0.3) is 0 Å². The molecule has 2 aromatic carbocycles. The summed E-state index contributed by atoms with van der Waals surface area (Å²) in [6.07, 6.45) is 0. The number of rotatable bonds is 8. The molecule has 0 bridgehead atoms. The standard InChI is InChI=1S/C24H33N3O3/c1-19(25(2)18-21-10-11-22(29-3)16-23(21)30-4)24(28)27-14-12-26(13-15-27)17-20-8-6-5-7-9-20/h5-11,16,19H,12-15,17-18H2,1-4H3. The molecular weight excluding hydrogens is 378 g/mol. The number of benzene rings is 2. The van der Waals surface area contributed by atoms with Gasteiger partial charge in [0.2, 0.25) is 5.91 Å². The van der Waals surface area contributed by atoms with Gasteiger partial charge in [0.1, 0.15) is 11.5 Å². The Bertz CT molecular complexity index is 820. The van der Waals surface area contributed by atoms with Crippen molar-refractivity contribution in [3.05, 3.63) is 59.7 Å². The van der Waals surface area contributed by atoms with Crippen LogP contribution in [-0.4, -0.2) is 74.1 Å². The highest BCUT2D eigenvalue weighted by Gasteiger charge is 2.27. The maximum absolute atomic E-state index is 13.1. The molecule has 1 fully saturated rings. The predicted molar refractivity (Wildman–Crippen MR) is 119 cm³/mol. The predicted octanol–water partition coefficient (Wildman–Crippen LogP) is 2.87. The molecule has 0 saturated carbocycles. The van der Waals surface area contributed by atoms with Gasteiger partial charge in [-0.15, -0.1) is 0 Å². The lowest BCUT2D eigenvalue weighted by Crippen LogP contribution is -2.53. The van der Waals surface area contributed by atoms with Gasteiger partial charge >= 0.3 is 0 Å². The van der Waals surface area contributed by atoms with Gasteiger partial charge in [-0.25, -0.2) is 0 Å². The zero-order chi connectivity index (χ0) is 21.5. The van der Waals surface area contributed by atoms with Crippen molar-refractivity contribution in [3.63, 3.8) is 0 Å². The summed E-state index contributed by atoms with van der Waals surface area (Å²) in [7, 11) is 5.28. The summed E-state index contributed by atoms with van der Waals surface area (Å²) in [6, 6.07) is 16.1. The fourth-order valence-corrected chi connectivity index (χ4v) is 3.81. The van der Waals surface area contributed by atoms with Crippen molar-refractivity contribution in [3.8, 4) is 11.5 Å². The number of ether oxygens (including phenoxy) is 2. The number of likely N-dealkylation sites (N-methyl/N-ethyl adjacent to an activating group) is 1. The van der Waals surface area contributed by atoms with Crippen LogP contribution < -0.4 is 9.47 Å². The molecule has 0 radical (unpaired) electrons. The smallest absolute Gasteiger partial charge is 0.239 e. The van der Waals surface area contributed by atoms with Crippen molar-refractivity contribution in [1.82, 2.24) is 14.7 Å². The molecule has 6 nitrogen and oxygen atoms in total. The van der Waals surface area contributed by atoms with E-state index < -0.39 is 0 Å². The van der Waals surface area contributed by atoms with Gasteiger partial charge in [0.15, 0.2) is 0 Å². The Labute approximate surface area is 180 Å². The summed E-state index contributed by atoms with van der Waals surface area (Å²) in [6.45, 7) is 6.91. The molecule has 1 aliphatic rings. The minimum absolute atomic E-state index is 0.185. The van der Waals surface area contributed by atoms with E-state index in [4.69, 9.17) is 9.47 Å². The Hall–Kier alpha value is -2.57. The van der Waals surface area contributed by atoms with Crippen molar-refractivity contribution in [2.24, 2.45) is 0 Å². The van der Waals surface area contributed by atoms with Crippen molar-refractivity contribution in [1.29, 1.82) is 0 Å². The fourth-order valence-electron chi connectivity index (χ4n) is 3.81. The van der Waals surface area contributed by atoms with Crippen molar-refractivity contribution in [2.45, 2.75) is 26.1 Å². The van der Waals surface area contributed by atoms with E-state index in [1.54, 1.807) is 14.2 Å². The third-order valence-electron chi connectivity index (χ3n) is 5.87. The molecule has 30 heavy (non-hydrogen) atoms. The van der Waals surface area contributed by atoms with Crippen LogP contribution >= 0.6 is 0 Å². The van der Waals surface area contributed by atoms with Gasteiger partial charge in [-0.05, 0) is 25.6 Å². The molecule has 1 aliphatic heterocycles. The van der Waals surface area contributed by atoms with Gasteiger partial charge in [0, 0.05) is 50.9 Å². The third-order valence-corrected chi connectivity index (χ3v) is 5.87. The van der Waals surface area contributed by atoms with Crippen LogP contribution in [-0.2, 0) is 17.9 Å². The van der Waals surface area contributed by atoms with Crippen molar-refractivity contribution >= 4 is 5.91 Å². The lowest BCUT2D eigenvalue weighted by atomic mass is 10.1. The first-order valence-electron chi connectivity index (χ1n) is 10.5. The topological polar surface area (TPSA) is 45.2 Å². The second-order valence-corrected chi connectivity index (χ2v) is 7.86. The highest BCUT2D eigenvalue weighted by Crippen LogP contribution is 2.26. The zero-order valence-corrected chi connectivity index (χ0v) is 18.5. The lowest BCUT2D eigenvalue weighted by Gasteiger charge is -2.37. The summed E-state index contributed by atoms with van der Waals surface area (Å²) in [5.41, 5.74) is 2.35. The van der Waals surface area contributed by atoms with Crippen molar-refractivity contribution < 1.29 is 14.3 Å². The van der Waals surface area contributed by atoms with E-state index in [9.17, 15) is 4.79 Å². The zero-order valence-electron chi connectivity index (χ0n) is 18.5. The minimum atomic E-state index is -0.197. The number of piperazine rings is 1. The molecule has 1 heterocycles. The number of carbonyl (C=O) groups excluding carboxylic acids is 1. The molecule has 3 rings (SSSR count). The largest absolute Gasteiger partial charge is 0.497 e. The van der Waals surface area contributed by atoms with Gasteiger partial charge in [0.05, 0.1) is 20.3 Å². The molecule has 1 saturated heterocycles. The van der Waals surface area contributed by atoms with Gasteiger partial charge in [-0.1, -0.05) is 36.4 Å². The van der Waals surface area contributed by atoms with Gasteiger partial charge < -0.3 is 14.4 Å². The van der Waals surface area contributed by atoms with Crippen LogP contribution in [0, 0.1) is 0 Å². The SMILES string of the molecule is COc1ccc(CN(C)C(C)C(=O)N2CCN(Cc3ccccc3)CC2)c(OC)c1. The molecule has 0 aromatic heterocycles. The number of nitrogens with zero attached hydrogens (tertiary/aromatic N) is 3. The lowest BCUT2D eigenvalue weighted by molar-refractivity contribution is -0.138. The molecule has 0 N–H and O–H groups in total. The maximum Gasteiger partial charge on any atom is 0.239 e. The second-order valence-electron chi connectivity index (χ2n) is 7.86. The Morgan fingerprint density at radius 3 is 2.37 bits per heavy atom. The fraction of sp³-hybridized carbons (Fsp3) is 0.458. The van der Waals surface area contributed by atoms with Crippen LogP contribution in [0.3, 0.4) is 0 Å². The number of hydrogen-bond acceptors (Lipinski definition) is 5. The summed E-state index contributed by atoms with van der Waals surface area (Å²) >= 11 is 0. The summed E-state index contributed by atoms with van der Waals surface area (Å²) in [5, 5.41) is 0. The summed E-state index contributed by atoms with van der Waals surface area (Å²) in [4.78, 5) is 19.5. The van der Waals surface area contributed by atoms with Crippen LogP contribution in [0.4, 0.5) is 0 Å². The third kappa shape index (κ3) is 5.52. The Kier molecular flexibility index (Phi) is 7.71. The molecule has 1 atom stereocenters. The molecule has 2 aromatic rings. The highest BCUT2D eigenvalue weighted by atomic mass is 16.5. The molecule has 1 amide bonds. The van der Waals surface area contributed by atoms with E-state index in [1.165, 1.54) is 5.56 Å². The number of hydrogen-bond donors (Lipinski definition) is 0. The molecule has 6 heteroatoms. The molecular formula is C24H33N3O3. The molecule has 162 valence electrons. The van der Waals surface area contributed by atoms with E-state index in [1.807, 2.05) is 43.1 Å². The number of carbonyl (C=O) groups is 1. The van der Waals surface area contributed by atoms with E-state index >= 15 is 0 Å². The Balaban J connectivity index is 1.53. The van der Waals surface area contributed by atoms with Crippen LogP contribution in [0.1, 0.15) is 18.1 Å². The Morgan fingerprint density at radius 2 is 1.73 bits per heavy atom. The van der Waals surface area contributed by atoms with Crippen molar-refractivity contribution in [2.75, 3.05) is 47.4 Å². The molecule has 1 unspecified atom stereocenters. The summed E-state index contributed by atoms with van der Waals surface area (Å²) in [5.74, 6) is 1.72. The Morgan fingerprint density at radius 1 is 1.03 bits per heavy atom. The first-order valence-corrected chi connectivity index (χ1v) is 10.5. The second kappa shape index (κ2) is 10.5. The minimum Gasteiger partial charge on any atom is -0.497 e. The first-order chi connectivity index (χ1) is 14.5. The van der Waals surface area contributed by atoms with E-state index in [0.717, 1.165) is 49.8 Å². The number of methoxy groups -OCH3 is 2. The maximum atomic E-state index is 13.1. The van der Waals surface area contributed by atoms with Crippen LogP contribution in [0.15, 0.2) is 48.5 Å². The number of amides is 1. The van der Waals surface area contributed by atoms with Crippen LogP contribution in [0.25, 0.3) is 0 Å². The van der Waals surface area contributed by atoms with E-state index in [2.05, 4.69) is 34.1 Å². The van der Waals surface area contributed by atoms with Crippen LogP contribution in [0.5, 0.6) is 11.5 Å². The van der Waals surface area contributed by atoms with E-state index in [0.29, 0.717) is 6.54 Å². The van der Waals surface area contributed by atoms with E-state index in [-0.39, 0.29) is 11.9 Å². The van der Waals surface area contributed by atoms with Gasteiger partial charge in [-0.2, -0.15) is 0 Å². The monoisotopic (exact) mass is 411 g/mol.